The zero-order valence-corrected chi connectivity index (χ0v) is 15.5. The van der Waals surface area contributed by atoms with Gasteiger partial charge < -0.3 is 14.2 Å². The van der Waals surface area contributed by atoms with Crippen LogP contribution in [0, 0.1) is 0 Å². The molecule has 2 saturated heterocycles. The van der Waals surface area contributed by atoms with Crippen LogP contribution < -0.4 is 5.76 Å². The molecule has 140 valence electrons. The number of urea groups is 1. The van der Waals surface area contributed by atoms with Gasteiger partial charge >= 0.3 is 11.8 Å². The Morgan fingerprint density at radius 1 is 1.00 bits per heavy atom. The molecule has 0 radical (unpaired) electrons. The lowest BCUT2D eigenvalue weighted by Gasteiger charge is -2.38. The summed E-state index contributed by atoms with van der Waals surface area (Å²) >= 11 is 6.05. The lowest BCUT2D eigenvalue weighted by atomic mass is 10.1. The lowest BCUT2D eigenvalue weighted by Crippen LogP contribution is -2.54. The quantitative estimate of drug-likeness (QED) is 0.805. The minimum Gasteiger partial charge on any atom is -0.408 e. The summed E-state index contributed by atoms with van der Waals surface area (Å²) in [4.78, 5) is 30.8. The highest BCUT2D eigenvalue weighted by Gasteiger charge is 2.26. The molecule has 0 bridgehead atoms. The van der Waals surface area contributed by atoms with Crippen molar-refractivity contribution in [1.29, 1.82) is 0 Å². The maximum atomic E-state index is 12.6. The van der Waals surface area contributed by atoms with E-state index >= 15 is 0 Å². The Morgan fingerprint density at radius 3 is 2.42 bits per heavy atom. The Balaban J connectivity index is 1.40. The first kappa shape index (κ1) is 17.4. The van der Waals surface area contributed by atoms with E-state index in [0.717, 1.165) is 39.0 Å². The predicted molar refractivity (Wildman–Crippen MR) is 99.5 cm³/mol. The van der Waals surface area contributed by atoms with Crippen LogP contribution >= 0.6 is 11.6 Å². The van der Waals surface area contributed by atoms with Crippen LogP contribution in [0.25, 0.3) is 11.1 Å². The zero-order valence-electron chi connectivity index (χ0n) is 14.7. The van der Waals surface area contributed by atoms with E-state index in [2.05, 4.69) is 4.90 Å². The molecule has 2 fully saturated rings. The number of likely N-dealkylation sites (tertiary alicyclic amines) is 1. The van der Waals surface area contributed by atoms with Gasteiger partial charge in [-0.1, -0.05) is 11.6 Å². The Bertz CT molecular complexity index is 848. The van der Waals surface area contributed by atoms with Crippen molar-refractivity contribution in [3.8, 4) is 0 Å². The molecule has 0 spiro atoms. The predicted octanol–water partition coefficient (Wildman–Crippen LogP) is 2.43. The molecule has 2 aromatic rings. The van der Waals surface area contributed by atoms with Crippen LogP contribution in [-0.4, -0.2) is 64.6 Å². The van der Waals surface area contributed by atoms with E-state index in [-0.39, 0.29) is 11.8 Å². The van der Waals surface area contributed by atoms with Crippen molar-refractivity contribution in [1.82, 2.24) is 19.3 Å². The molecule has 0 unspecified atom stereocenters. The zero-order chi connectivity index (χ0) is 18.1. The molecular formula is C18H23ClN4O3. The number of halogens is 1. The summed E-state index contributed by atoms with van der Waals surface area (Å²) in [5, 5.41) is 0.573. The van der Waals surface area contributed by atoms with Crippen molar-refractivity contribution < 1.29 is 9.21 Å². The van der Waals surface area contributed by atoms with E-state index in [9.17, 15) is 9.59 Å². The summed E-state index contributed by atoms with van der Waals surface area (Å²) in [6, 6.07) is 5.33. The van der Waals surface area contributed by atoms with Crippen LogP contribution in [-0.2, 0) is 6.67 Å². The molecule has 2 aliphatic heterocycles. The molecule has 0 atom stereocenters. The summed E-state index contributed by atoms with van der Waals surface area (Å²) < 4.78 is 6.89. The van der Waals surface area contributed by atoms with E-state index < -0.39 is 0 Å². The molecule has 8 heteroatoms. The fourth-order valence-electron chi connectivity index (χ4n) is 3.73. The summed E-state index contributed by atoms with van der Waals surface area (Å²) in [5.41, 5.74) is 1.24. The monoisotopic (exact) mass is 378 g/mol. The second kappa shape index (κ2) is 7.32. The second-order valence-electron chi connectivity index (χ2n) is 6.98. The molecular weight excluding hydrogens is 356 g/mol. The number of benzene rings is 1. The maximum absolute atomic E-state index is 12.6. The van der Waals surface area contributed by atoms with E-state index in [0.29, 0.717) is 35.9 Å². The van der Waals surface area contributed by atoms with Gasteiger partial charge in [-0.15, -0.1) is 0 Å². The lowest BCUT2D eigenvalue weighted by molar-refractivity contribution is 0.0936. The molecule has 0 N–H and O–H groups in total. The van der Waals surface area contributed by atoms with Crippen molar-refractivity contribution in [2.24, 2.45) is 0 Å². The number of aromatic nitrogens is 1. The molecule has 7 nitrogen and oxygen atoms in total. The number of carbonyl (C=O) groups is 1. The minimum atomic E-state index is -0.380. The van der Waals surface area contributed by atoms with Gasteiger partial charge in [-0.2, -0.15) is 0 Å². The van der Waals surface area contributed by atoms with Crippen LogP contribution in [0.3, 0.4) is 0 Å². The van der Waals surface area contributed by atoms with Gasteiger partial charge in [-0.25, -0.2) is 9.59 Å². The number of fused-ring (bicyclic) bond motifs is 1. The minimum absolute atomic E-state index is 0.155. The Hall–Kier alpha value is -1.99. The standard InChI is InChI=1S/C18H23ClN4O3/c19-14-4-5-16-15(12-14)23(18(25)26-16)13-20-8-10-22(11-9-20)17(24)21-6-2-1-3-7-21/h4-5,12H,1-3,6-11,13H2. The molecule has 3 heterocycles. The fraction of sp³-hybridized carbons (Fsp3) is 0.556. The van der Waals surface area contributed by atoms with Crippen LogP contribution in [0.5, 0.6) is 0 Å². The third-order valence-electron chi connectivity index (χ3n) is 5.24. The third kappa shape index (κ3) is 3.46. The molecule has 2 aliphatic rings. The number of hydrogen-bond acceptors (Lipinski definition) is 4. The van der Waals surface area contributed by atoms with Crippen LogP contribution in [0.15, 0.2) is 27.4 Å². The van der Waals surface area contributed by atoms with E-state index in [1.165, 1.54) is 6.42 Å². The van der Waals surface area contributed by atoms with Gasteiger partial charge in [0, 0.05) is 44.3 Å². The highest BCUT2D eigenvalue weighted by molar-refractivity contribution is 6.31. The average Bonchev–Trinajstić information content (AvgIpc) is 2.97. The molecule has 1 aromatic carbocycles. The second-order valence-corrected chi connectivity index (χ2v) is 7.42. The van der Waals surface area contributed by atoms with Crippen LogP contribution in [0.1, 0.15) is 19.3 Å². The number of hydrogen-bond donors (Lipinski definition) is 0. The van der Waals surface area contributed by atoms with Gasteiger partial charge in [-0.3, -0.25) is 9.47 Å². The fourth-order valence-corrected chi connectivity index (χ4v) is 3.90. The molecule has 26 heavy (non-hydrogen) atoms. The summed E-state index contributed by atoms with van der Waals surface area (Å²) in [6.07, 6.45) is 3.42. The summed E-state index contributed by atoms with van der Waals surface area (Å²) in [6.45, 7) is 5.02. The summed E-state index contributed by atoms with van der Waals surface area (Å²) in [7, 11) is 0. The van der Waals surface area contributed by atoms with Crippen molar-refractivity contribution in [3.05, 3.63) is 33.8 Å². The highest BCUT2D eigenvalue weighted by atomic mass is 35.5. The average molecular weight is 379 g/mol. The number of carbonyl (C=O) groups excluding carboxylic acids is 1. The number of piperazine rings is 1. The van der Waals surface area contributed by atoms with Crippen LogP contribution in [0.2, 0.25) is 5.02 Å². The first-order valence-electron chi connectivity index (χ1n) is 9.17. The highest BCUT2D eigenvalue weighted by Crippen LogP contribution is 2.19. The number of rotatable bonds is 2. The molecule has 0 aliphatic carbocycles. The van der Waals surface area contributed by atoms with Gasteiger partial charge in [0.25, 0.3) is 0 Å². The first-order chi connectivity index (χ1) is 12.6. The molecule has 1 aromatic heterocycles. The maximum Gasteiger partial charge on any atom is 0.421 e. The SMILES string of the molecule is O=C(N1CCCCC1)N1CCN(Cn2c(=O)oc3ccc(Cl)cc32)CC1. The van der Waals surface area contributed by atoms with Gasteiger partial charge in [-0.05, 0) is 37.5 Å². The van der Waals surface area contributed by atoms with Crippen molar-refractivity contribution >= 4 is 28.7 Å². The van der Waals surface area contributed by atoms with Gasteiger partial charge in [0.1, 0.15) is 0 Å². The summed E-state index contributed by atoms with van der Waals surface area (Å²) in [5.74, 6) is -0.380. The van der Waals surface area contributed by atoms with Crippen molar-refractivity contribution in [2.45, 2.75) is 25.9 Å². The molecule has 0 saturated carbocycles. The Morgan fingerprint density at radius 2 is 1.69 bits per heavy atom. The van der Waals surface area contributed by atoms with Gasteiger partial charge in [0.15, 0.2) is 5.58 Å². The topological polar surface area (TPSA) is 61.9 Å². The smallest absolute Gasteiger partial charge is 0.408 e. The number of piperidine rings is 1. The number of oxazole rings is 1. The van der Waals surface area contributed by atoms with E-state index in [1.807, 2.05) is 9.80 Å². The first-order valence-corrected chi connectivity index (χ1v) is 9.55. The number of nitrogens with zero attached hydrogens (tertiary/aromatic N) is 4. The largest absolute Gasteiger partial charge is 0.421 e. The van der Waals surface area contributed by atoms with Crippen LogP contribution in [0.4, 0.5) is 4.79 Å². The van der Waals surface area contributed by atoms with Crippen molar-refractivity contribution in [3.63, 3.8) is 0 Å². The van der Waals surface area contributed by atoms with Gasteiger partial charge in [0.2, 0.25) is 0 Å². The third-order valence-corrected chi connectivity index (χ3v) is 5.48. The number of amides is 2. The molecule has 4 rings (SSSR count). The molecule has 2 amide bonds. The normalized spacial score (nSPS) is 19.3. The van der Waals surface area contributed by atoms with E-state index in [4.69, 9.17) is 16.0 Å². The van der Waals surface area contributed by atoms with Gasteiger partial charge in [0.05, 0.1) is 12.2 Å². The van der Waals surface area contributed by atoms with E-state index in [1.54, 1.807) is 22.8 Å². The Labute approximate surface area is 156 Å². The van der Waals surface area contributed by atoms with Crippen molar-refractivity contribution in [2.75, 3.05) is 39.3 Å². The Kier molecular flexibility index (Phi) is 4.91.